The van der Waals surface area contributed by atoms with E-state index in [0.717, 1.165) is 6.07 Å². The van der Waals surface area contributed by atoms with Crippen molar-refractivity contribution in [3.05, 3.63) is 41.9 Å². The molecule has 0 aliphatic carbocycles. The van der Waals surface area contributed by atoms with Gasteiger partial charge in [0.15, 0.2) is 0 Å². The van der Waals surface area contributed by atoms with Gasteiger partial charge >= 0.3 is 6.18 Å². The van der Waals surface area contributed by atoms with E-state index in [1.165, 1.54) is 12.3 Å². The van der Waals surface area contributed by atoms with Crippen molar-refractivity contribution >= 4 is 5.82 Å². The number of alkyl halides is 3. The summed E-state index contributed by atoms with van der Waals surface area (Å²) < 4.78 is 39.6. The van der Waals surface area contributed by atoms with Crippen LogP contribution < -0.4 is 5.32 Å². The summed E-state index contributed by atoms with van der Waals surface area (Å²) in [5, 5.41) is 6.71. The lowest BCUT2D eigenvalue weighted by Crippen LogP contribution is -2.12. The van der Waals surface area contributed by atoms with Gasteiger partial charge in [-0.25, -0.2) is 4.98 Å². The number of nitrogens with one attached hydrogen (secondary N) is 1. The van der Waals surface area contributed by atoms with Crippen LogP contribution >= 0.6 is 0 Å². The van der Waals surface area contributed by atoms with Gasteiger partial charge in [-0.2, -0.15) is 18.3 Å². The number of hydrogen-bond acceptors (Lipinski definition) is 3. The molecule has 2 aromatic heterocycles. The van der Waals surface area contributed by atoms with E-state index in [1.807, 2.05) is 0 Å². The molecule has 2 heterocycles. The highest BCUT2D eigenvalue weighted by Crippen LogP contribution is 2.33. The zero-order valence-corrected chi connectivity index (χ0v) is 9.57. The summed E-state index contributed by atoms with van der Waals surface area (Å²) in [6, 6.07) is 3.98. The second-order valence-corrected chi connectivity index (χ2v) is 3.73. The average molecular weight is 256 g/mol. The summed E-state index contributed by atoms with van der Waals surface area (Å²) in [4.78, 5) is 3.70. The lowest BCUT2D eigenvalue weighted by molar-refractivity contribution is -0.137. The van der Waals surface area contributed by atoms with Gasteiger partial charge < -0.3 is 5.32 Å². The van der Waals surface area contributed by atoms with Crippen molar-refractivity contribution in [2.45, 2.75) is 12.7 Å². The number of anilines is 1. The summed E-state index contributed by atoms with van der Waals surface area (Å²) in [6.07, 6.45) is -1.38. The van der Waals surface area contributed by atoms with E-state index in [-0.39, 0.29) is 12.4 Å². The first-order valence-corrected chi connectivity index (χ1v) is 5.21. The number of hydrogen-bond donors (Lipinski definition) is 1. The molecule has 0 atom stereocenters. The van der Waals surface area contributed by atoms with Gasteiger partial charge in [0.25, 0.3) is 0 Å². The molecule has 2 aromatic rings. The van der Waals surface area contributed by atoms with Crippen LogP contribution in [0.15, 0.2) is 30.6 Å². The molecule has 96 valence electrons. The second kappa shape index (κ2) is 4.67. The highest BCUT2D eigenvalue weighted by molar-refractivity contribution is 5.45. The molecule has 7 heteroatoms. The molecule has 0 bridgehead atoms. The smallest absolute Gasteiger partial charge is 0.364 e. The molecule has 2 rings (SSSR count). The molecular weight excluding hydrogens is 245 g/mol. The van der Waals surface area contributed by atoms with Crippen molar-refractivity contribution < 1.29 is 13.2 Å². The Labute approximate surface area is 101 Å². The number of pyridine rings is 1. The lowest BCUT2D eigenvalue weighted by atomic mass is 10.2. The topological polar surface area (TPSA) is 42.7 Å². The molecule has 0 saturated carbocycles. The Morgan fingerprint density at radius 1 is 1.33 bits per heavy atom. The molecule has 18 heavy (non-hydrogen) atoms. The Morgan fingerprint density at radius 2 is 2.11 bits per heavy atom. The standard InChI is InChI=1S/C11H11F3N4/c1-18-6-4-8(17-18)7-16-10-9(11(12,13)14)3-2-5-15-10/h2-6H,7H2,1H3,(H,15,16). The van der Waals surface area contributed by atoms with Crippen LogP contribution in [0.1, 0.15) is 11.3 Å². The normalized spacial score (nSPS) is 11.6. The molecule has 1 N–H and O–H groups in total. The molecule has 0 aliphatic heterocycles. The van der Waals surface area contributed by atoms with E-state index in [1.54, 1.807) is 24.0 Å². The van der Waals surface area contributed by atoms with E-state index in [4.69, 9.17) is 0 Å². The van der Waals surface area contributed by atoms with Crippen molar-refractivity contribution in [3.63, 3.8) is 0 Å². The van der Waals surface area contributed by atoms with E-state index in [0.29, 0.717) is 5.69 Å². The third-order valence-corrected chi connectivity index (χ3v) is 2.32. The van der Waals surface area contributed by atoms with E-state index < -0.39 is 11.7 Å². The van der Waals surface area contributed by atoms with Crippen LogP contribution in [0.2, 0.25) is 0 Å². The number of halogens is 3. The van der Waals surface area contributed by atoms with Crippen LogP contribution in [0.4, 0.5) is 19.0 Å². The maximum absolute atomic E-state index is 12.7. The molecule has 0 amide bonds. The van der Waals surface area contributed by atoms with Gasteiger partial charge in [-0.1, -0.05) is 0 Å². The number of rotatable bonds is 3. The maximum atomic E-state index is 12.7. The van der Waals surface area contributed by atoms with Gasteiger partial charge in [0.05, 0.1) is 17.8 Å². The Kier molecular flexibility index (Phi) is 3.22. The fraction of sp³-hybridized carbons (Fsp3) is 0.273. The maximum Gasteiger partial charge on any atom is 0.419 e. The third-order valence-electron chi connectivity index (χ3n) is 2.32. The van der Waals surface area contributed by atoms with Crippen LogP contribution in [0, 0.1) is 0 Å². The van der Waals surface area contributed by atoms with Crippen molar-refractivity contribution in [2.24, 2.45) is 7.05 Å². The molecule has 0 aliphatic rings. The van der Waals surface area contributed by atoms with Crippen molar-refractivity contribution in [1.29, 1.82) is 0 Å². The lowest BCUT2D eigenvalue weighted by Gasteiger charge is -2.12. The largest absolute Gasteiger partial charge is 0.419 e. The van der Waals surface area contributed by atoms with E-state index in [2.05, 4.69) is 15.4 Å². The number of nitrogens with zero attached hydrogens (tertiary/aromatic N) is 3. The van der Waals surface area contributed by atoms with Gasteiger partial charge in [0, 0.05) is 19.4 Å². The van der Waals surface area contributed by atoms with E-state index in [9.17, 15) is 13.2 Å². The van der Waals surface area contributed by atoms with Crippen molar-refractivity contribution in [2.75, 3.05) is 5.32 Å². The monoisotopic (exact) mass is 256 g/mol. The summed E-state index contributed by atoms with van der Waals surface area (Å²) in [7, 11) is 1.74. The molecule has 0 unspecified atom stereocenters. The highest BCUT2D eigenvalue weighted by atomic mass is 19.4. The predicted molar refractivity (Wildman–Crippen MR) is 59.8 cm³/mol. The zero-order chi connectivity index (χ0) is 13.2. The summed E-state index contributed by atoms with van der Waals surface area (Å²) in [6.45, 7) is 0.195. The van der Waals surface area contributed by atoms with Crippen LogP contribution in [0.25, 0.3) is 0 Å². The molecule has 0 aromatic carbocycles. The molecule has 0 radical (unpaired) electrons. The Balaban J connectivity index is 2.14. The third kappa shape index (κ3) is 2.79. The van der Waals surface area contributed by atoms with Crippen LogP contribution in [-0.2, 0) is 19.8 Å². The Morgan fingerprint density at radius 3 is 2.72 bits per heavy atom. The Bertz CT molecular complexity index is 533. The van der Waals surface area contributed by atoms with Crippen molar-refractivity contribution in [1.82, 2.24) is 14.8 Å². The van der Waals surface area contributed by atoms with Crippen LogP contribution in [-0.4, -0.2) is 14.8 Å². The first-order chi connectivity index (χ1) is 8.47. The molecule has 0 spiro atoms. The highest BCUT2D eigenvalue weighted by Gasteiger charge is 2.33. The Hall–Kier alpha value is -2.05. The molecular formula is C11H11F3N4. The van der Waals surface area contributed by atoms with Gasteiger partial charge in [0.2, 0.25) is 0 Å². The van der Waals surface area contributed by atoms with Crippen molar-refractivity contribution in [3.8, 4) is 0 Å². The van der Waals surface area contributed by atoms with Gasteiger partial charge in [-0.3, -0.25) is 4.68 Å². The van der Waals surface area contributed by atoms with Crippen LogP contribution in [0.5, 0.6) is 0 Å². The fourth-order valence-electron chi connectivity index (χ4n) is 1.51. The molecule has 0 fully saturated rings. The van der Waals surface area contributed by atoms with Gasteiger partial charge in [0.1, 0.15) is 5.82 Å². The van der Waals surface area contributed by atoms with Crippen LogP contribution in [0.3, 0.4) is 0 Å². The molecule has 0 saturated heterocycles. The molecule has 4 nitrogen and oxygen atoms in total. The minimum absolute atomic E-state index is 0.185. The van der Waals surface area contributed by atoms with Gasteiger partial charge in [-0.15, -0.1) is 0 Å². The summed E-state index contributed by atoms with van der Waals surface area (Å²) >= 11 is 0. The average Bonchev–Trinajstić information content (AvgIpc) is 2.72. The first-order valence-electron chi connectivity index (χ1n) is 5.21. The fourth-order valence-corrected chi connectivity index (χ4v) is 1.51. The minimum atomic E-state index is -4.42. The summed E-state index contributed by atoms with van der Waals surface area (Å²) in [5.41, 5.74) is -0.128. The minimum Gasteiger partial charge on any atom is -0.364 e. The zero-order valence-electron chi connectivity index (χ0n) is 9.57. The summed E-state index contributed by atoms with van der Waals surface area (Å²) in [5.74, 6) is -0.185. The van der Waals surface area contributed by atoms with Gasteiger partial charge in [-0.05, 0) is 18.2 Å². The SMILES string of the molecule is Cn1ccc(CNc2ncccc2C(F)(F)F)n1. The predicted octanol–water partition coefficient (Wildman–Crippen LogP) is 2.45. The number of aryl methyl sites for hydroxylation is 1. The first kappa shape index (κ1) is 12.4. The van der Waals surface area contributed by atoms with E-state index >= 15 is 0 Å². The number of aromatic nitrogens is 3. The quantitative estimate of drug-likeness (QED) is 0.917. The second-order valence-electron chi connectivity index (χ2n) is 3.73.